The topological polar surface area (TPSA) is 66.4 Å². The van der Waals surface area contributed by atoms with Gasteiger partial charge in [-0.15, -0.1) is 0 Å². The maximum atomic E-state index is 13.6. The summed E-state index contributed by atoms with van der Waals surface area (Å²) >= 11 is 5.56. The number of carbonyl (C=O) groups excluding carboxylic acids is 1. The summed E-state index contributed by atoms with van der Waals surface area (Å²) in [6, 6.07) is 3.55. The van der Waals surface area contributed by atoms with Crippen LogP contribution in [0.25, 0.3) is 0 Å². The van der Waals surface area contributed by atoms with E-state index in [1.807, 2.05) is 0 Å². The first-order valence-corrected chi connectivity index (χ1v) is 5.80. The highest BCUT2D eigenvalue weighted by atomic mass is 35.5. The Morgan fingerprint density at radius 2 is 2.17 bits per heavy atom. The predicted molar refractivity (Wildman–Crippen MR) is 65.2 cm³/mol. The maximum absolute atomic E-state index is 13.6. The molecule has 0 saturated carbocycles. The van der Waals surface area contributed by atoms with Gasteiger partial charge in [-0.05, 0) is 18.6 Å². The summed E-state index contributed by atoms with van der Waals surface area (Å²) in [4.78, 5) is 22.3. The van der Waals surface area contributed by atoms with Crippen LogP contribution in [-0.2, 0) is 4.79 Å². The molecule has 1 rings (SSSR count). The molecule has 6 heteroatoms. The lowest BCUT2D eigenvalue weighted by Gasteiger charge is -2.15. The fourth-order valence-corrected chi connectivity index (χ4v) is 1.63. The second-order valence-electron chi connectivity index (χ2n) is 3.78. The van der Waals surface area contributed by atoms with Gasteiger partial charge in [0.1, 0.15) is 0 Å². The van der Waals surface area contributed by atoms with E-state index in [-0.39, 0.29) is 17.0 Å². The van der Waals surface area contributed by atoms with Gasteiger partial charge in [-0.1, -0.05) is 24.6 Å². The molecule has 1 amide bonds. The summed E-state index contributed by atoms with van der Waals surface area (Å²) in [7, 11) is 0. The average Bonchev–Trinajstić information content (AvgIpc) is 2.31. The van der Waals surface area contributed by atoms with Crippen LogP contribution in [0.15, 0.2) is 18.2 Å². The van der Waals surface area contributed by atoms with Crippen LogP contribution in [0.2, 0.25) is 5.02 Å². The lowest BCUT2D eigenvalue weighted by molar-refractivity contribution is -0.137. The van der Waals surface area contributed by atoms with Crippen LogP contribution in [0.1, 0.15) is 30.1 Å². The molecule has 18 heavy (non-hydrogen) atoms. The Hall–Kier alpha value is -1.62. The minimum absolute atomic E-state index is 0.145. The van der Waals surface area contributed by atoms with E-state index < -0.39 is 23.7 Å². The summed E-state index contributed by atoms with van der Waals surface area (Å²) < 4.78 is 13.6. The van der Waals surface area contributed by atoms with Crippen molar-refractivity contribution in [3.05, 3.63) is 34.6 Å². The molecule has 98 valence electrons. The van der Waals surface area contributed by atoms with Gasteiger partial charge < -0.3 is 10.4 Å². The Labute approximate surface area is 109 Å². The summed E-state index contributed by atoms with van der Waals surface area (Å²) in [5.41, 5.74) is -0.189. The van der Waals surface area contributed by atoms with E-state index in [9.17, 15) is 14.0 Å². The van der Waals surface area contributed by atoms with Crippen molar-refractivity contribution in [2.24, 2.45) is 0 Å². The maximum Gasteiger partial charge on any atom is 0.305 e. The van der Waals surface area contributed by atoms with Crippen molar-refractivity contribution in [1.29, 1.82) is 0 Å². The number of benzene rings is 1. The molecule has 0 aliphatic heterocycles. The Morgan fingerprint density at radius 1 is 1.50 bits per heavy atom. The fourth-order valence-electron chi connectivity index (χ4n) is 1.45. The number of halogens is 2. The molecule has 2 N–H and O–H groups in total. The van der Waals surface area contributed by atoms with Gasteiger partial charge in [0.05, 0.1) is 17.0 Å². The third kappa shape index (κ3) is 3.70. The lowest BCUT2D eigenvalue weighted by atomic mass is 10.1. The van der Waals surface area contributed by atoms with E-state index in [4.69, 9.17) is 16.7 Å². The molecule has 1 aromatic carbocycles. The number of hydrogen-bond donors (Lipinski definition) is 2. The summed E-state index contributed by atoms with van der Waals surface area (Å²) in [6.07, 6.45) is 0.241. The summed E-state index contributed by atoms with van der Waals surface area (Å²) in [5.74, 6) is -2.49. The zero-order valence-corrected chi connectivity index (χ0v) is 10.5. The van der Waals surface area contributed by atoms with Gasteiger partial charge in [0.25, 0.3) is 5.91 Å². The van der Waals surface area contributed by atoms with Gasteiger partial charge >= 0.3 is 5.97 Å². The van der Waals surface area contributed by atoms with E-state index in [1.165, 1.54) is 18.2 Å². The van der Waals surface area contributed by atoms with Crippen molar-refractivity contribution in [2.45, 2.75) is 25.8 Å². The zero-order chi connectivity index (χ0) is 13.7. The van der Waals surface area contributed by atoms with Crippen molar-refractivity contribution >= 4 is 23.5 Å². The van der Waals surface area contributed by atoms with Crippen molar-refractivity contribution in [3.63, 3.8) is 0 Å². The second kappa shape index (κ2) is 6.35. The van der Waals surface area contributed by atoms with Crippen molar-refractivity contribution in [1.82, 2.24) is 5.32 Å². The van der Waals surface area contributed by atoms with Crippen LogP contribution < -0.4 is 5.32 Å². The smallest absolute Gasteiger partial charge is 0.305 e. The first kappa shape index (κ1) is 14.4. The standard InChI is InChI=1S/C12H13ClFNO3/c1-2-7(6-10(16)17)15-12(18)8-4-3-5-9(13)11(8)14/h3-5,7H,2,6H2,1H3,(H,15,18)(H,16,17). The van der Waals surface area contributed by atoms with Crippen LogP contribution in [0.5, 0.6) is 0 Å². The Balaban J connectivity index is 2.81. The fraction of sp³-hybridized carbons (Fsp3) is 0.333. The minimum atomic E-state index is -1.02. The number of rotatable bonds is 5. The lowest BCUT2D eigenvalue weighted by Crippen LogP contribution is -2.36. The molecule has 0 fully saturated rings. The highest BCUT2D eigenvalue weighted by molar-refractivity contribution is 6.31. The van der Waals surface area contributed by atoms with E-state index in [0.717, 1.165) is 0 Å². The van der Waals surface area contributed by atoms with Crippen molar-refractivity contribution in [3.8, 4) is 0 Å². The highest BCUT2D eigenvalue weighted by Gasteiger charge is 2.18. The van der Waals surface area contributed by atoms with Gasteiger partial charge in [-0.2, -0.15) is 0 Å². The molecule has 1 atom stereocenters. The van der Waals surface area contributed by atoms with Gasteiger partial charge in [0.2, 0.25) is 0 Å². The monoisotopic (exact) mass is 273 g/mol. The molecule has 0 saturated heterocycles. The van der Waals surface area contributed by atoms with Gasteiger partial charge in [-0.3, -0.25) is 9.59 Å². The quantitative estimate of drug-likeness (QED) is 0.866. The Bertz CT molecular complexity index is 465. The molecule has 0 aliphatic rings. The number of carboxylic acids is 1. The largest absolute Gasteiger partial charge is 0.481 e. The van der Waals surface area contributed by atoms with Crippen LogP contribution in [0.3, 0.4) is 0 Å². The molecular formula is C12H13ClFNO3. The molecular weight excluding hydrogens is 261 g/mol. The molecule has 0 spiro atoms. The molecule has 0 radical (unpaired) electrons. The first-order chi connectivity index (χ1) is 8.45. The Kier molecular flexibility index (Phi) is 5.09. The molecule has 1 unspecified atom stereocenters. The molecule has 0 aliphatic carbocycles. The van der Waals surface area contributed by atoms with Crippen LogP contribution in [-0.4, -0.2) is 23.0 Å². The normalized spacial score (nSPS) is 11.9. The van der Waals surface area contributed by atoms with Gasteiger partial charge in [0.15, 0.2) is 5.82 Å². The number of nitrogens with one attached hydrogen (secondary N) is 1. The van der Waals surface area contributed by atoms with Gasteiger partial charge in [0, 0.05) is 6.04 Å². The molecule has 1 aromatic rings. The number of carboxylic acid groups (broad SMARTS) is 1. The molecule has 0 aromatic heterocycles. The van der Waals surface area contributed by atoms with E-state index >= 15 is 0 Å². The van der Waals surface area contributed by atoms with Crippen LogP contribution in [0.4, 0.5) is 4.39 Å². The number of hydrogen-bond acceptors (Lipinski definition) is 2. The SMILES string of the molecule is CCC(CC(=O)O)NC(=O)c1cccc(Cl)c1F. The predicted octanol–water partition coefficient (Wildman–Crippen LogP) is 2.46. The first-order valence-electron chi connectivity index (χ1n) is 5.42. The van der Waals surface area contributed by atoms with Gasteiger partial charge in [-0.25, -0.2) is 4.39 Å². The van der Waals surface area contributed by atoms with Crippen molar-refractivity contribution < 1.29 is 19.1 Å². The minimum Gasteiger partial charge on any atom is -0.481 e. The summed E-state index contributed by atoms with van der Waals surface area (Å²) in [5, 5.41) is 11.0. The summed E-state index contributed by atoms with van der Waals surface area (Å²) in [6.45, 7) is 1.74. The number of aliphatic carboxylic acids is 1. The number of carbonyl (C=O) groups is 2. The van der Waals surface area contributed by atoms with Crippen LogP contribution in [0, 0.1) is 5.82 Å². The van der Waals surface area contributed by atoms with Crippen molar-refractivity contribution in [2.75, 3.05) is 0 Å². The molecule has 0 heterocycles. The van der Waals surface area contributed by atoms with E-state index in [2.05, 4.69) is 5.32 Å². The average molecular weight is 274 g/mol. The van der Waals surface area contributed by atoms with E-state index in [1.54, 1.807) is 6.92 Å². The molecule has 4 nitrogen and oxygen atoms in total. The Morgan fingerprint density at radius 3 is 2.72 bits per heavy atom. The third-order valence-corrected chi connectivity index (χ3v) is 2.74. The van der Waals surface area contributed by atoms with Crippen LogP contribution >= 0.6 is 11.6 Å². The third-order valence-electron chi connectivity index (χ3n) is 2.45. The number of amides is 1. The highest BCUT2D eigenvalue weighted by Crippen LogP contribution is 2.18. The second-order valence-corrected chi connectivity index (χ2v) is 4.19. The zero-order valence-electron chi connectivity index (χ0n) is 9.74. The van der Waals surface area contributed by atoms with E-state index in [0.29, 0.717) is 6.42 Å². The molecule has 0 bridgehead atoms.